The topological polar surface area (TPSA) is 94.2 Å². The van der Waals surface area contributed by atoms with Gasteiger partial charge in [-0.25, -0.2) is 9.07 Å². The summed E-state index contributed by atoms with van der Waals surface area (Å²) in [5.74, 6) is -1.19. The predicted molar refractivity (Wildman–Crippen MR) is 77.3 cm³/mol. The van der Waals surface area contributed by atoms with Crippen LogP contribution >= 0.6 is 0 Å². The largest absolute Gasteiger partial charge is 0.338 e. The number of nitrogens with zero attached hydrogens (tertiary/aromatic N) is 5. The van der Waals surface area contributed by atoms with Crippen LogP contribution in [-0.2, 0) is 0 Å². The number of carbonyl (C=O) groups is 1. The molecule has 23 heavy (non-hydrogen) atoms. The maximum Gasteiger partial charge on any atom is 0.285 e. The van der Waals surface area contributed by atoms with Crippen LogP contribution in [0.2, 0.25) is 0 Å². The average Bonchev–Trinajstić information content (AvgIpc) is 3.09. The number of nitro groups is 1. The maximum absolute atomic E-state index is 13.2. The number of hydrogen-bond acceptors (Lipinski definition) is 5. The van der Waals surface area contributed by atoms with Crippen molar-refractivity contribution in [2.24, 2.45) is 0 Å². The second kappa shape index (κ2) is 6.11. The first-order valence-corrected chi connectivity index (χ1v) is 7.15. The van der Waals surface area contributed by atoms with E-state index in [9.17, 15) is 19.3 Å². The fourth-order valence-corrected chi connectivity index (χ4v) is 2.75. The SMILES string of the molecule is O=C(c1ccc(F)cc1[N+](=O)[O-])N1CCC(n2ccnn2)CC1. The third kappa shape index (κ3) is 3.03. The summed E-state index contributed by atoms with van der Waals surface area (Å²) >= 11 is 0. The van der Waals surface area contributed by atoms with Crippen molar-refractivity contribution in [2.45, 2.75) is 18.9 Å². The van der Waals surface area contributed by atoms with Gasteiger partial charge in [0.15, 0.2) is 0 Å². The van der Waals surface area contributed by atoms with Crippen LogP contribution in [0.1, 0.15) is 29.2 Å². The molecule has 120 valence electrons. The van der Waals surface area contributed by atoms with E-state index in [4.69, 9.17) is 0 Å². The van der Waals surface area contributed by atoms with E-state index < -0.39 is 22.3 Å². The molecule has 1 aliphatic rings. The summed E-state index contributed by atoms with van der Waals surface area (Å²) in [6.45, 7) is 0.912. The Hall–Kier alpha value is -2.84. The second-order valence-electron chi connectivity index (χ2n) is 5.33. The summed E-state index contributed by atoms with van der Waals surface area (Å²) in [6.07, 6.45) is 4.74. The number of likely N-dealkylation sites (tertiary alicyclic amines) is 1. The summed E-state index contributed by atoms with van der Waals surface area (Å²) in [6, 6.07) is 3.15. The summed E-state index contributed by atoms with van der Waals surface area (Å²) in [7, 11) is 0. The first kappa shape index (κ1) is 15.1. The Kier molecular flexibility index (Phi) is 4.00. The zero-order valence-corrected chi connectivity index (χ0v) is 12.1. The van der Waals surface area contributed by atoms with Gasteiger partial charge < -0.3 is 4.90 Å². The van der Waals surface area contributed by atoms with Crippen LogP contribution < -0.4 is 0 Å². The number of benzene rings is 1. The lowest BCUT2D eigenvalue weighted by atomic mass is 10.0. The van der Waals surface area contributed by atoms with Crippen LogP contribution in [0.3, 0.4) is 0 Å². The Bertz CT molecular complexity index is 726. The maximum atomic E-state index is 13.2. The fourth-order valence-electron chi connectivity index (χ4n) is 2.75. The first-order chi connectivity index (χ1) is 11.1. The van der Waals surface area contributed by atoms with E-state index in [0.717, 1.165) is 12.1 Å². The van der Waals surface area contributed by atoms with Crippen LogP contribution in [-0.4, -0.2) is 43.8 Å². The van der Waals surface area contributed by atoms with E-state index in [1.54, 1.807) is 22.0 Å². The Balaban J connectivity index is 1.74. The quantitative estimate of drug-likeness (QED) is 0.635. The molecule has 1 amide bonds. The number of amides is 1. The van der Waals surface area contributed by atoms with Gasteiger partial charge in [0.2, 0.25) is 0 Å². The van der Waals surface area contributed by atoms with Crippen LogP contribution in [0.15, 0.2) is 30.6 Å². The normalized spacial score (nSPS) is 15.6. The molecule has 8 nitrogen and oxygen atoms in total. The van der Waals surface area contributed by atoms with Crippen LogP contribution in [0.5, 0.6) is 0 Å². The number of nitro benzene ring substituents is 1. The fraction of sp³-hybridized carbons (Fsp3) is 0.357. The minimum atomic E-state index is -0.738. The van der Waals surface area contributed by atoms with Crippen molar-refractivity contribution >= 4 is 11.6 Å². The van der Waals surface area contributed by atoms with Gasteiger partial charge in [-0.1, -0.05) is 5.21 Å². The molecule has 0 atom stereocenters. The number of piperidine rings is 1. The minimum absolute atomic E-state index is 0.0874. The number of halogens is 1. The van der Waals surface area contributed by atoms with Crippen molar-refractivity contribution < 1.29 is 14.1 Å². The molecule has 1 fully saturated rings. The number of hydrogen-bond donors (Lipinski definition) is 0. The Labute approximate surface area is 130 Å². The zero-order chi connectivity index (χ0) is 16.4. The average molecular weight is 319 g/mol. The van der Waals surface area contributed by atoms with Crippen molar-refractivity contribution in [3.63, 3.8) is 0 Å². The van der Waals surface area contributed by atoms with Gasteiger partial charge in [0, 0.05) is 19.3 Å². The molecule has 0 aliphatic carbocycles. The number of aromatic nitrogens is 3. The molecule has 0 N–H and O–H groups in total. The van der Waals surface area contributed by atoms with E-state index in [1.807, 2.05) is 0 Å². The lowest BCUT2D eigenvalue weighted by molar-refractivity contribution is -0.385. The van der Waals surface area contributed by atoms with Crippen molar-refractivity contribution in [1.82, 2.24) is 19.9 Å². The number of carbonyl (C=O) groups excluding carboxylic acids is 1. The van der Waals surface area contributed by atoms with Gasteiger partial charge in [-0.2, -0.15) is 0 Å². The molecule has 9 heteroatoms. The lowest BCUT2D eigenvalue weighted by Gasteiger charge is -2.31. The number of rotatable bonds is 3. The highest BCUT2D eigenvalue weighted by molar-refractivity contribution is 5.98. The molecule has 0 radical (unpaired) electrons. The van der Waals surface area contributed by atoms with E-state index in [1.165, 1.54) is 6.07 Å². The minimum Gasteiger partial charge on any atom is -0.338 e. The molecule has 3 rings (SSSR count). The molecule has 2 aromatic rings. The Morgan fingerprint density at radius 2 is 2.09 bits per heavy atom. The van der Waals surface area contributed by atoms with E-state index in [2.05, 4.69) is 10.3 Å². The Morgan fingerprint density at radius 3 is 2.70 bits per heavy atom. The monoisotopic (exact) mass is 319 g/mol. The van der Waals surface area contributed by atoms with Gasteiger partial charge in [0.05, 0.1) is 23.2 Å². The molecule has 1 aromatic carbocycles. The summed E-state index contributed by atoms with van der Waals surface area (Å²) in [5.41, 5.74) is -0.594. The van der Waals surface area contributed by atoms with E-state index in [-0.39, 0.29) is 11.6 Å². The predicted octanol–water partition coefficient (Wildman–Crippen LogP) is 1.80. The van der Waals surface area contributed by atoms with E-state index >= 15 is 0 Å². The summed E-state index contributed by atoms with van der Waals surface area (Å²) in [4.78, 5) is 24.3. The van der Waals surface area contributed by atoms with Gasteiger partial charge in [-0.3, -0.25) is 14.9 Å². The highest BCUT2D eigenvalue weighted by atomic mass is 19.1. The second-order valence-corrected chi connectivity index (χ2v) is 5.33. The van der Waals surface area contributed by atoms with Gasteiger partial charge in [0.1, 0.15) is 11.4 Å². The molecule has 0 saturated carbocycles. The van der Waals surface area contributed by atoms with Crippen LogP contribution in [0.4, 0.5) is 10.1 Å². The molecule has 0 bridgehead atoms. The standard InChI is InChI=1S/C14H14FN5O3/c15-10-1-2-12(13(9-10)20(22)23)14(21)18-6-3-11(4-7-18)19-8-5-16-17-19/h1-2,5,8-9,11H,3-4,6-7H2. The van der Waals surface area contributed by atoms with Crippen LogP contribution in [0, 0.1) is 15.9 Å². The molecule has 0 unspecified atom stereocenters. The lowest BCUT2D eigenvalue weighted by Crippen LogP contribution is -2.39. The molecule has 1 aromatic heterocycles. The van der Waals surface area contributed by atoms with Crippen molar-refractivity contribution in [3.05, 3.63) is 52.1 Å². The van der Waals surface area contributed by atoms with Crippen LogP contribution in [0.25, 0.3) is 0 Å². The third-order valence-corrected chi connectivity index (χ3v) is 3.95. The van der Waals surface area contributed by atoms with Crippen molar-refractivity contribution in [2.75, 3.05) is 13.1 Å². The van der Waals surface area contributed by atoms with Crippen molar-refractivity contribution in [3.8, 4) is 0 Å². The van der Waals surface area contributed by atoms with Crippen molar-refractivity contribution in [1.29, 1.82) is 0 Å². The molecule has 2 heterocycles. The molecular formula is C14H14FN5O3. The molecule has 1 aliphatic heterocycles. The van der Waals surface area contributed by atoms with E-state index in [0.29, 0.717) is 25.9 Å². The smallest absolute Gasteiger partial charge is 0.285 e. The molecule has 1 saturated heterocycles. The Morgan fingerprint density at radius 1 is 1.35 bits per heavy atom. The third-order valence-electron chi connectivity index (χ3n) is 3.95. The first-order valence-electron chi connectivity index (χ1n) is 7.15. The zero-order valence-electron chi connectivity index (χ0n) is 12.1. The van der Waals surface area contributed by atoms with Gasteiger partial charge in [0.25, 0.3) is 11.6 Å². The molecular weight excluding hydrogens is 305 g/mol. The van der Waals surface area contributed by atoms with Gasteiger partial charge in [-0.05, 0) is 25.0 Å². The highest BCUT2D eigenvalue weighted by Gasteiger charge is 2.29. The summed E-state index contributed by atoms with van der Waals surface area (Å²) < 4.78 is 14.9. The highest BCUT2D eigenvalue weighted by Crippen LogP contribution is 2.26. The molecule has 0 spiro atoms. The van der Waals surface area contributed by atoms with Gasteiger partial charge >= 0.3 is 0 Å². The summed E-state index contributed by atoms with van der Waals surface area (Å²) in [5, 5.41) is 18.7. The van der Waals surface area contributed by atoms with Gasteiger partial charge in [-0.15, -0.1) is 5.10 Å².